The number of piperidine rings is 1. The third-order valence-electron chi connectivity index (χ3n) is 3.93. The van der Waals surface area contributed by atoms with Crippen molar-refractivity contribution in [1.29, 1.82) is 0 Å². The Labute approximate surface area is 136 Å². The zero-order chi connectivity index (χ0) is 16.3. The average Bonchev–Trinajstić information content (AvgIpc) is 2.48. The van der Waals surface area contributed by atoms with Crippen LogP contribution >= 0.6 is 15.9 Å². The SMILES string of the molecule is COc1ccc(Br)cc1CC(=O)N1CCC(O)(C(=O)O)CC1. The third kappa shape index (κ3) is 3.59. The number of hydrogen-bond acceptors (Lipinski definition) is 4. The number of nitrogens with zero attached hydrogens (tertiary/aromatic N) is 1. The molecule has 0 radical (unpaired) electrons. The molecule has 0 spiro atoms. The first-order valence-electron chi connectivity index (χ1n) is 6.92. The molecule has 0 atom stereocenters. The summed E-state index contributed by atoms with van der Waals surface area (Å²) < 4.78 is 6.10. The molecule has 120 valence electrons. The number of benzene rings is 1. The number of ether oxygens (including phenoxy) is 1. The van der Waals surface area contributed by atoms with Crippen LogP contribution in [0.4, 0.5) is 0 Å². The molecule has 6 nitrogen and oxygen atoms in total. The van der Waals surface area contributed by atoms with Crippen LogP contribution in [0.3, 0.4) is 0 Å². The molecule has 22 heavy (non-hydrogen) atoms. The Morgan fingerprint density at radius 1 is 1.36 bits per heavy atom. The molecule has 1 aliphatic heterocycles. The summed E-state index contributed by atoms with van der Waals surface area (Å²) in [5.41, 5.74) is -0.953. The highest BCUT2D eigenvalue weighted by atomic mass is 79.9. The van der Waals surface area contributed by atoms with Crippen molar-refractivity contribution in [2.24, 2.45) is 0 Å². The van der Waals surface area contributed by atoms with Gasteiger partial charge in [-0.2, -0.15) is 0 Å². The highest BCUT2D eigenvalue weighted by Crippen LogP contribution is 2.26. The van der Waals surface area contributed by atoms with E-state index < -0.39 is 11.6 Å². The Morgan fingerprint density at radius 3 is 2.55 bits per heavy atom. The van der Waals surface area contributed by atoms with Crippen LogP contribution in [0.15, 0.2) is 22.7 Å². The summed E-state index contributed by atoms with van der Waals surface area (Å²) in [6.07, 6.45) is 0.265. The molecule has 2 rings (SSSR count). The van der Waals surface area contributed by atoms with Crippen molar-refractivity contribution in [3.8, 4) is 5.75 Å². The van der Waals surface area contributed by atoms with E-state index in [2.05, 4.69) is 15.9 Å². The van der Waals surface area contributed by atoms with Crippen LogP contribution in [-0.2, 0) is 16.0 Å². The van der Waals surface area contributed by atoms with E-state index in [1.54, 1.807) is 18.1 Å². The molecule has 1 saturated heterocycles. The van der Waals surface area contributed by atoms with Gasteiger partial charge in [0.25, 0.3) is 0 Å². The quantitative estimate of drug-likeness (QED) is 0.835. The molecule has 7 heteroatoms. The van der Waals surface area contributed by atoms with Gasteiger partial charge in [0.15, 0.2) is 5.60 Å². The van der Waals surface area contributed by atoms with E-state index >= 15 is 0 Å². The molecule has 1 fully saturated rings. The lowest BCUT2D eigenvalue weighted by molar-refractivity contribution is -0.165. The molecule has 1 heterocycles. The highest BCUT2D eigenvalue weighted by molar-refractivity contribution is 9.10. The molecule has 0 aromatic heterocycles. The van der Waals surface area contributed by atoms with Crippen molar-refractivity contribution in [2.75, 3.05) is 20.2 Å². The molecule has 0 bridgehead atoms. The number of carboxylic acids is 1. The van der Waals surface area contributed by atoms with Crippen molar-refractivity contribution in [1.82, 2.24) is 4.90 Å². The number of likely N-dealkylation sites (tertiary alicyclic amines) is 1. The molecule has 2 N–H and O–H groups in total. The normalized spacial score (nSPS) is 17.1. The zero-order valence-electron chi connectivity index (χ0n) is 12.2. The number of carbonyl (C=O) groups excluding carboxylic acids is 1. The maximum absolute atomic E-state index is 12.4. The van der Waals surface area contributed by atoms with E-state index in [0.29, 0.717) is 5.75 Å². The molecule has 0 aliphatic carbocycles. The van der Waals surface area contributed by atoms with Crippen molar-refractivity contribution >= 4 is 27.8 Å². The van der Waals surface area contributed by atoms with Crippen molar-refractivity contribution in [2.45, 2.75) is 24.9 Å². The summed E-state index contributed by atoms with van der Waals surface area (Å²) in [5, 5.41) is 18.9. The maximum atomic E-state index is 12.4. The van der Waals surface area contributed by atoms with Crippen LogP contribution in [0.5, 0.6) is 5.75 Å². The first-order valence-corrected chi connectivity index (χ1v) is 7.71. The van der Waals surface area contributed by atoms with Crippen LogP contribution in [0.2, 0.25) is 0 Å². The molecule has 1 aromatic carbocycles. The number of carbonyl (C=O) groups is 2. The van der Waals surface area contributed by atoms with Crippen molar-refractivity contribution < 1.29 is 24.5 Å². The minimum atomic E-state index is -1.72. The minimum absolute atomic E-state index is 0.0453. The second-order valence-electron chi connectivity index (χ2n) is 5.35. The minimum Gasteiger partial charge on any atom is -0.496 e. The lowest BCUT2D eigenvalue weighted by Crippen LogP contribution is -2.51. The molecule has 1 amide bonds. The molecule has 1 aliphatic rings. The number of methoxy groups -OCH3 is 1. The van der Waals surface area contributed by atoms with Crippen LogP contribution in [-0.4, -0.2) is 52.8 Å². The summed E-state index contributed by atoms with van der Waals surface area (Å²) in [4.78, 5) is 24.9. The van der Waals surface area contributed by atoms with E-state index in [1.165, 1.54) is 0 Å². The Bertz CT molecular complexity index is 581. The van der Waals surface area contributed by atoms with Gasteiger partial charge < -0.3 is 19.8 Å². The van der Waals surface area contributed by atoms with Gasteiger partial charge in [-0.25, -0.2) is 4.79 Å². The number of aliphatic hydroxyl groups is 1. The standard InChI is InChI=1S/C15H18BrNO5/c1-22-12-3-2-11(16)8-10(12)9-13(18)17-6-4-15(21,5-7-17)14(19)20/h2-3,8,21H,4-7,9H2,1H3,(H,19,20). The first kappa shape index (κ1) is 16.8. The number of rotatable bonds is 4. The largest absolute Gasteiger partial charge is 0.496 e. The van der Waals surface area contributed by atoms with Gasteiger partial charge in [0.05, 0.1) is 13.5 Å². The molecular formula is C15H18BrNO5. The number of hydrogen-bond donors (Lipinski definition) is 2. The van der Waals surface area contributed by atoms with Crippen LogP contribution in [0, 0.1) is 0 Å². The predicted molar refractivity (Wildman–Crippen MR) is 82.8 cm³/mol. The highest BCUT2D eigenvalue weighted by Gasteiger charge is 2.40. The lowest BCUT2D eigenvalue weighted by atomic mass is 9.91. The van der Waals surface area contributed by atoms with Gasteiger partial charge in [0.2, 0.25) is 5.91 Å². The maximum Gasteiger partial charge on any atom is 0.335 e. The number of aliphatic carboxylic acids is 1. The summed E-state index contributed by atoms with van der Waals surface area (Å²) in [6, 6.07) is 5.45. The summed E-state index contributed by atoms with van der Waals surface area (Å²) in [6.45, 7) is 0.468. The van der Waals surface area contributed by atoms with Crippen molar-refractivity contribution in [3.05, 3.63) is 28.2 Å². The monoisotopic (exact) mass is 371 g/mol. The number of carboxylic acid groups (broad SMARTS) is 1. The molecular weight excluding hydrogens is 354 g/mol. The van der Waals surface area contributed by atoms with Gasteiger partial charge in [-0.3, -0.25) is 4.79 Å². The average molecular weight is 372 g/mol. The summed E-state index contributed by atoms with van der Waals surface area (Å²) >= 11 is 3.36. The molecule has 1 aromatic rings. The van der Waals surface area contributed by atoms with E-state index in [-0.39, 0.29) is 38.3 Å². The van der Waals surface area contributed by atoms with E-state index in [1.807, 2.05) is 12.1 Å². The Kier molecular flexibility index (Phi) is 5.08. The van der Waals surface area contributed by atoms with Crippen LogP contribution < -0.4 is 4.74 Å². The Balaban J connectivity index is 2.02. The van der Waals surface area contributed by atoms with Gasteiger partial charge in [-0.05, 0) is 18.2 Å². The molecule has 0 saturated carbocycles. The fourth-order valence-electron chi connectivity index (χ4n) is 2.50. The van der Waals surface area contributed by atoms with Gasteiger partial charge >= 0.3 is 5.97 Å². The predicted octanol–water partition coefficient (Wildman–Crippen LogP) is 1.44. The molecule has 0 unspecified atom stereocenters. The van der Waals surface area contributed by atoms with Gasteiger partial charge in [-0.1, -0.05) is 15.9 Å². The summed E-state index contributed by atoms with van der Waals surface area (Å²) in [5.74, 6) is -0.701. The van der Waals surface area contributed by atoms with E-state index in [4.69, 9.17) is 9.84 Å². The lowest BCUT2D eigenvalue weighted by Gasteiger charge is -2.35. The van der Waals surface area contributed by atoms with Crippen LogP contribution in [0.1, 0.15) is 18.4 Å². The second-order valence-corrected chi connectivity index (χ2v) is 6.27. The van der Waals surface area contributed by atoms with E-state index in [0.717, 1.165) is 10.0 Å². The van der Waals surface area contributed by atoms with Gasteiger partial charge in [0, 0.05) is 36.0 Å². The van der Waals surface area contributed by atoms with Gasteiger partial charge in [0.1, 0.15) is 5.75 Å². The number of amides is 1. The second kappa shape index (κ2) is 6.66. The summed E-state index contributed by atoms with van der Waals surface area (Å²) in [7, 11) is 1.55. The van der Waals surface area contributed by atoms with Crippen LogP contribution in [0.25, 0.3) is 0 Å². The smallest absolute Gasteiger partial charge is 0.335 e. The first-order chi connectivity index (χ1) is 10.4. The zero-order valence-corrected chi connectivity index (χ0v) is 13.8. The topological polar surface area (TPSA) is 87.1 Å². The van der Waals surface area contributed by atoms with Crippen molar-refractivity contribution in [3.63, 3.8) is 0 Å². The Hall–Kier alpha value is -1.60. The van der Waals surface area contributed by atoms with E-state index in [9.17, 15) is 14.7 Å². The Morgan fingerprint density at radius 2 is 2.00 bits per heavy atom. The van der Waals surface area contributed by atoms with Gasteiger partial charge in [-0.15, -0.1) is 0 Å². The fourth-order valence-corrected chi connectivity index (χ4v) is 2.91. The third-order valence-corrected chi connectivity index (χ3v) is 4.42. The number of halogens is 1. The fraction of sp³-hybridized carbons (Fsp3) is 0.467.